The van der Waals surface area contributed by atoms with Crippen LogP contribution >= 0.6 is 0 Å². The van der Waals surface area contributed by atoms with Gasteiger partial charge in [0.2, 0.25) is 0 Å². The van der Waals surface area contributed by atoms with E-state index >= 15 is 0 Å². The SMILES string of the molecule is COc1ccc(CNC(=O)c2cc3c([nH]c2=O)C[C@@H](c2ccccc2)CC3=O)cc1. The van der Waals surface area contributed by atoms with E-state index in [9.17, 15) is 14.4 Å². The first-order valence-electron chi connectivity index (χ1n) is 9.80. The molecule has 1 aliphatic rings. The number of Topliss-reactive ketones (excluding diaryl/α,β-unsaturated/α-hetero) is 1. The van der Waals surface area contributed by atoms with Crippen molar-refractivity contribution in [3.05, 3.63) is 99.0 Å². The van der Waals surface area contributed by atoms with Crippen LogP contribution in [0.3, 0.4) is 0 Å². The van der Waals surface area contributed by atoms with Gasteiger partial charge in [0.15, 0.2) is 5.78 Å². The first kappa shape index (κ1) is 19.6. The molecule has 152 valence electrons. The largest absolute Gasteiger partial charge is 0.497 e. The van der Waals surface area contributed by atoms with Crippen LogP contribution in [0.2, 0.25) is 0 Å². The lowest BCUT2D eigenvalue weighted by atomic mass is 9.81. The number of amides is 1. The van der Waals surface area contributed by atoms with Crippen molar-refractivity contribution in [2.24, 2.45) is 0 Å². The molecule has 4 rings (SSSR count). The Labute approximate surface area is 173 Å². The molecule has 30 heavy (non-hydrogen) atoms. The van der Waals surface area contributed by atoms with Gasteiger partial charge < -0.3 is 15.0 Å². The predicted octanol–water partition coefficient (Wildman–Crippen LogP) is 3.23. The Bertz CT molecular complexity index is 1130. The second kappa shape index (κ2) is 8.37. The fourth-order valence-corrected chi connectivity index (χ4v) is 3.78. The number of nitrogens with one attached hydrogen (secondary N) is 2. The Balaban J connectivity index is 1.52. The lowest BCUT2D eigenvalue weighted by Gasteiger charge is -2.24. The topological polar surface area (TPSA) is 88.3 Å². The number of fused-ring (bicyclic) bond motifs is 1. The zero-order valence-corrected chi connectivity index (χ0v) is 16.6. The van der Waals surface area contributed by atoms with Gasteiger partial charge in [0.05, 0.1) is 7.11 Å². The number of rotatable bonds is 5. The molecule has 0 aliphatic heterocycles. The van der Waals surface area contributed by atoms with Gasteiger partial charge in [-0.1, -0.05) is 42.5 Å². The van der Waals surface area contributed by atoms with Crippen molar-refractivity contribution in [3.63, 3.8) is 0 Å². The maximum Gasteiger partial charge on any atom is 0.261 e. The fraction of sp³-hybridized carbons (Fsp3) is 0.208. The number of carbonyl (C=O) groups is 2. The van der Waals surface area contributed by atoms with Gasteiger partial charge in [0.25, 0.3) is 11.5 Å². The smallest absolute Gasteiger partial charge is 0.261 e. The van der Waals surface area contributed by atoms with Crippen LogP contribution in [0, 0.1) is 0 Å². The minimum atomic E-state index is -0.507. The average molecular weight is 402 g/mol. The second-order valence-corrected chi connectivity index (χ2v) is 7.37. The van der Waals surface area contributed by atoms with Crippen LogP contribution in [-0.4, -0.2) is 23.8 Å². The summed E-state index contributed by atoms with van der Waals surface area (Å²) in [7, 11) is 1.59. The number of pyridine rings is 1. The molecule has 1 aromatic heterocycles. The van der Waals surface area contributed by atoms with E-state index in [4.69, 9.17) is 4.74 Å². The van der Waals surface area contributed by atoms with E-state index < -0.39 is 11.5 Å². The van der Waals surface area contributed by atoms with E-state index in [2.05, 4.69) is 10.3 Å². The first-order chi connectivity index (χ1) is 14.5. The van der Waals surface area contributed by atoms with E-state index in [-0.39, 0.29) is 23.8 Å². The van der Waals surface area contributed by atoms with Gasteiger partial charge in [-0.3, -0.25) is 14.4 Å². The summed E-state index contributed by atoms with van der Waals surface area (Å²) in [6, 6.07) is 18.5. The van der Waals surface area contributed by atoms with Crippen molar-refractivity contribution in [2.45, 2.75) is 25.3 Å². The maximum atomic E-state index is 12.7. The lowest BCUT2D eigenvalue weighted by molar-refractivity contribution is 0.0949. The summed E-state index contributed by atoms with van der Waals surface area (Å²) < 4.78 is 5.11. The van der Waals surface area contributed by atoms with Gasteiger partial charge in [0, 0.05) is 24.2 Å². The highest BCUT2D eigenvalue weighted by Gasteiger charge is 2.28. The molecule has 0 saturated heterocycles. The highest BCUT2D eigenvalue weighted by atomic mass is 16.5. The number of H-pyrrole nitrogens is 1. The zero-order chi connectivity index (χ0) is 21.1. The molecule has 1 heterocycles. The highest BCUT2D eigenvalue weighted by molar-refractivity contribution is 6.02. The molecule has 1 amide bonds. The highest BCUT2D eigenvalue weighted by Crippen LogP contribution is 2.31. The van der Waals surface area contributed by atoms with E-state index in [0.717, 1.165) is 16.9 Å². The monoisotopic (exact) mass is 402 g/mol. The van der Waals surface area contributed by atoms with Crippen LogP contribution in [0.15, 0.2) is 65.5 Å². The molecule has 6 heteroatoms. The third-order valence-electron chi connectivity index (χ3n) is 5.43. The van der Waals surface area contributed by atoms with E-state index in [0.29, 0.717) is 24.1 Å². The fourth-order valence-electron chi connectivity index (χ4n) is 3.78. The molecule has 3 aromatic rings. The van der Waals surface area contributed by atoms with Crippen molar-refractivity contribution in [1.29, 1.82) is 0 Å². The number of benzene rings is 2. The molecule has 2 N–H and O–H groups in total. The van der Waals surface area contributed by atoms with Crippen molar-refractivity contribution >= 4 is 11.7 Å². The molecule has 2 aromatic carbocycles. The lowest BCUT2D eigenvalue weighted by Crippen LogP contribution is -2.32. The van der Waals surface area contributed by atoms with E-state index in [1.807, 2.05) is 42.5 Å². The Hall–Kier alpha value is -3.67. The number of hydrogen-bond acceptors (Lipinski definition) is 4. The van der Waals surface area contributed by atoms with Crippen molar-refractivity contribution < 1.29 is 14.3 Å². The molecule has 0 unspecified atom stereocenters. The number of aromatic amines is 1. The third-order valence-corrected chi connectivity index (χ3v) is 5.43. The second-order valence-electron chi connectivity index (χ2n) is 7.37. The molecule has 0 fully saturated rings. The predicted molar refractivity (Wildman–Crippen MR) is 113 cm³/mol. The summed E-state index contributed by atoms with van der Waals surface area (Å²) in [6.07, 6.45) is 0.921. The Morgan fingerprint density at radius 3 is 2.50 bits per heavy atom. The molecule has 6 nitrogen and oxygen atoms in total. The van der Waals surface area contributed by atoms with Gasteiger partial charge in [-0.25, -0.2) is 0 Å². The standard InChI is InChI=1S/C24H22N2O4/c1-30-18-9-7-15(8-10-18)14-25-23(28)20-13-19-21(26-24(20)29)11-17(12-22(19)27)16-5-3-2-4-6-16/h2-10,13,17H,11-12,14H2,1H3,(H,25,28)(H,26,29)/t17-/m1/s1. The number of hydrogen-bond donors (Lipinski definition) is 2. The van der Waals surface area contributed by atoms with Crippen LogP contribution in [0.1, 0.15) is 49.9 Å². The first-order valence-corrected chi connectivity index (χ1v) is 9.80. The molecule has 1 atom stereocenters. The summed E-state index contributed by atoms with van der Waals surface area (Å²) in [5.41, 5.74) is 2.43. The number of aromatic nitrogens is 1. The number of methoxy groups -OCH3 is 1. The van der Waals surface area contributed by atoms with Gasteiger partial charge >= 0.3 is 0 Å². The summed E-state index contributed by atoms with van der Waals surface area (Å²) in [5, 5.41) is 2.74. The zero-order valence-electron chi connectivity index (χ0n) is 16.6. The molecule has 0 saturated carbocycles. The summed E-state index contributed by atoms with van der Waals surface area (Å²) in [5.74, 6) is 0.179. The molecular weight excluding hydrogens is 380 g/mol. The number of ether oxygens (including phenoxy) is 1. The Morgan fingerprint density at radius 1 is 1.07 bits per heavy atom. The Morgan fingerprint density at radius 2 is 1.80 bits per heavy atom. The van der Waals surface area contributed by atoms with Crippen molar-refractivity contribution in [2.75, 3.05) is 7.11 Å². The molecule has 1 aliphatic carbocycles. The van der Waals surface area contributed by atoms with Crippen molar-refractivity contribution in [1.82, 2.24) is 10.3 Å². The van der Waals surface area contributed by atoms with Gasteiger partial charge in [-0.2, -0.15) is 0 Å². The van der Waals surface area contributed by atoms with Gasteiger partial charge in [0.1, 0.15) is 11.3 Å². The molecule has 0 bridgehead atoms. The minimum Gasteiger partial charge on any atom is -0.497 e. The average Bonchev–Trinajstić information content (AvgIpc) is 2.78. The van der Waals surface area contributed by atoms with Crippen LogP contribution in [0.4, 0.5) is 0 Å². The molecular formula is C24H22N2O4. The molecule has 0 radical (unpaired) electrons. The van der Waals surface area contributed by atoms with Crippen LogP contribution in [-0.2, 0) is 13.0 Å². The summed E-state index contributed by atoms with van der Waals surface area (Å²) in [4.78, 5) is 40.6. The normalized spacial score (nSPS) is 15.4. The van der Waals surface area contributed by atoms with Crippen molar-refractivity contribution in [3.8, 4) is 5.75 Å². The molecule has 0 spiro atoms. The van der Waals surface area contributed by atoms with E-state index in [1.54, 1.807) is 19.2 Å². The van der Waals surface area contributed by atoms with Gasteiger partial charge in [-0.05, 0) is 41.7 Å². The van der Waals surface area contributed by atoms with Crippen LogP contribution < -0.4 is 15.6 Å². The van der Waals surface area contributed by atoms with Crippen LogP contribution in [0.25, 0.3) is 0 Å². The summed E-state index contributed by atoms with van der Waals surface area (Å²) >= 11 is 0. The number of carbonyl (C=O) groups excluding carboxylic acids is 2. The third kappa shape index (κ3) is 4.03. The number of ketones is 1. The van der Waals surface area contributed by atoms with E-state index in [1.165, 1.54) is 6.07 Å². The van der Waals surface area contributed by atoms with Gasteiger partial charge in [-0.15, -0.1) is 0 Å². The van der Waals surface area contributed by atoms with Crippen LogP contribution in [0.5, 0.6) is 5.75 Å². The summed E-state index contributed by atoms with van der Waals surface area (Å²) in [6.45, 7) is 0.267. The maximum absolute atomic E-state index is 12.7. The Kier molecular flexibility index (Phi) is 5.48. The minimum absolute atomic E-state index is 0.0246. The quantitative estimate of drug-likeness (QED) is 0.686.